The first-order valence-electron chi connectivity index (χ1n) is 8.05. The molecule has 25 heavy (non-hydrogen) atoms. The standard InChI is InChI=1S/C20H19BrN2O2/c1-14-19(15(2)23(22-14)18-6-4-3-5-7-18)12-20(24)25-13-16-8-10-17(21)11-9-16/h3-11H,12-13H2,1-2H3. The summed E-state index contributed by atoms with van der Waals surface area (Å²) in [4.78, 5) is 12.2. The summed E-state index contributed by atoms with van der Waals surface area (Å²) in [5.41, 5.74) is 4.68. The molecule has 0 N–H and O–H groups in total. The summed E-state index contributed by atoms with van der Waals surface area (Å²) in [6.45, 7) is 4.17. The minimum absolute atomic E-state index is 0.223. The molecular formula is C20H19BrN2O2. The minimum atomic E-state index is -0.248. The quantitative estimate of drug-likeness (QED) is 0.592. The highest BCUT2D eigenvalue weighted by molar-refractivity contribution is 9.10. The molecule has 0 saturated heterocycles. The van der Waals surface area contributed by atoms with Crippen LogP contribution in [0.25, 0.3) is 5.69 Å². The molecule has 2 aromatic carbocycles. The Labute approximate surface area is 155 Å². The molecule has 4 nitrogen and oxygen atoms in total. The summed E-state index contributed by atoms with van der Waals surface area (Å²) in [6.07, 6.45) is 0.223. The molecule has 0 fully saturated rings. The average molecular weight is 399 g/mol. The molecular weight excluding hydrogens is 380 g/mol. The van der Waals surface area contributed by atoms with E-state index in [4.69, 9.17) is 4.74 Å². The Bertz CT molecular complexity index is 871. The van der Waals surface area contributed by atoms with Crippen LogP contribution < -0.4 is 0 Å². The zero-order chi connectivity index (χ0) is 17.8. The van der Waals surface area contributed by atoms with Gasteiger partial charge in [-0.3, -0.25) is 4.79 Å². The van der Waals surface area contributed by atoms with E-state index in [-0.39, 0.29) is 19.0 Å². The molecule has 0 aliphatic carbocycles. The topological polar surface area (TPSA) is 44.1 Å². The first-order chi connectivity index (χ1) is 12.0. The zero-order valence-electron chi connectivity index (χ0n) is 14.2. The number of benzene rings is 2. The van der Waals surface area contributed by atoms with Gasteiger partial charge in [0.05, 0.1) is 17.8 Å². The molecule has 0 amide bonds. The number of aromatic nitrogens is 2. The number of carbonyl (C=O) groups is 1. The maximum absolute atomic E-state index is 12.2. The second-order valence-electron chi connectivity index (χ2n) is 5.86. The fourth-order valence-corrected chi connectivity index (χ4v) is 2.96. The molecule has 0 unspecified atom stereocenters. The van der Waals surface area contributed by atoms with E-state index in [2.05, 4.69) is 21.0 Å². The lowest BCUT2D eigenvalue weighted by Crippen LogP contribution is -2.09. The highest BCUT2D eigenvalue weighted by Gasteiger charge is 2.16. The van der Waals surface area contributed by atoms with Gasteiger partial charge in [-0.2, -0.15) is 5.10 Å². The van der Waals surface area contributed by atoms with Crippen molar-refractivity contribution in [3.05, 3.63) is 81.6 Å². The molecule has 1 heterocycles. The lowest BCUT2D eigenvalue weighted by atomic mass is 10.1. The summed E-state index contributed by atoms with van der Waals surface area (Å²) < 4.78 is 8.28. The minimum Gasteiger partial charge on any atom is -0.461 e. The number of para-hydroxylation sites is 1. The summed E-state index contributed by atoms with van der Waals surface area (Å²) in [5.74, 6) is -0.248. The molecule has 3 rings (SSSR count). The fourth-order valence-electron chi connectivity index (χ4n) is 2.69. The SMILES string of the molecule is Cc1nn(-c2ccccc2)c(C)c1CC(=O)OCc1ccc(Br)cc1. The van der Waals surface area contributed by atoms with Crippen molar-refractivity contribution in [2.24, 2.45) is 0 Å². The highest BCUT2D eigenvalue weighted by Crippen LogP contribution is 2.19. The summed E-state index contributed by atoms with van der Waals surface area (Å²) in [7, 11) is 0. The van der Waals surface area contributed by atoms with E-state index >= 15 is 0 Å². The molecule has 0 spiro atoms. The Kier molecular flexibility index (Phi) is 5.34. The highest BCUT2D eigenvalue weighted by atomic mass is 79.9. The van der Waals surface area contributed by atoms with Crippen LogP contribution in [0.4, 0.5) is 0 Å². The van der Waals surface area contributed by atoms with Crippen molar-refractivity contribution in [3.8, 4) is 5.69 Å². The van der Waals surface area contributed by atoms with Gasteiger partial charge in [0.15, 0.2) is 0 Å². The van der Waals surface area contributed by atoms with E-state index < -0.39 is 0 Å². The third-order valence-corrected chi connectivity index (χ3v) is 4.60. The molecule has 5 heteroatoms. The Hall–Kier alpha value is -2.40. The van der Waals surface area contributed by atoms with Crippen molar-refractivity contribution in [2.75, 3.05) is 0 Å². The van der Waals surface area contributed by atoms with Crippen molar-refractivity contribution in [1.82, 2.24) is 9.78 Å². The van der Waals surface area contributed by atoms with Gasteiger partial charge in [-0.25, -0.2) is 4.68 Å². The predicted octanol–water partition coefficient (Wildman–Crippen LogP) is 4.54. The number of hydrogen-bond acceptors (Lipinski definition) is 3. The van der Waals surface area contributed by atoms with Crippen molar-refractivity contribution in [1.29, 1.82) is 0 Å². The van der Waals surface area contributed by atoms with Crippen LogP contribution in [0.3, 0.4) is 0 Å². The van der Waals surface area contributed by atoms with Gasteiger partial charge < -0.3 is 4.74 Å². The van der Waals surface area contributed by atoms with Gasteiger partial charge in [0.1, 0.15) is 6.61 Å². The zero-order valence-corrected chi connectivity index (χ0v) is 15.8. The van der Waals surface area contributed by atoms with Gasteiger partial charge in [0.25, 0.3) is 0 Å². The molecule has 1 aromatic heterocycles. The van der Waals surface area contributed by atoms with E-state index in [1.54, 1.807) is 0 Å². The van der Waals surface area contributed by atoms with Gasteiger partial charge in [-0.05, 0) is 43.7 Å². The molecule has 0 saturated carbocycles. The second kappa shape index (κ2) is 7.66. The predicted molar refractivity (Wildman–Crippen MR) is 101 cm³/mol. The summed E-state index contributed by atoms with van der Waals surface area (Å²) >= 11 is 3.39. The maximum Gasteiger partial charge on any atom is 0.310 e. The van der Waals surface area contributed by atoms with Gasteiger partial charge in [0, 0.05) is 15.7 Å². The molecule has 3 aromatic rings. The fraction of sp³-hybridized carbons (Fsp3) is 0.200. The smallest absolute Gasteiger partial charge is 0.310 e. The van der Waals surface area contributed by atoms with Crippen LogP contribution in [0.15, 0.2) is 59.1 Å². The number of nitrogens with zero attached hydrogens (tertiary/aromatic N) is 2. The molecule has 0 aliphatic heterocycles. The molecule has 0 aliphatic rings. The van der Waals surface area contributed by atoms with E-state index in [1.165, 1.54) is 0 Å². The van der Waals surface area contributed by atoms with Crippen molar-refractivity contribution in [2.45, 2.75) is 26.9 Å². The number of ether oxygens (including phenoxy) is 1. The van der Waals surface area contributed by atoms with E-state index in [1.807, 2.05) is 73.1 Å². The Morgan fingerprint density at radius 1 is 1.08 bits per heavy atom. The van der Waals surface area contributed by atoms with E-state index in [0.29, 0.717) is 0 Å². The van der Waals surface area contributed by atoms with Crippen LogP contribution in [0.1, 0.15) is 22.5 Å². The van der Waals surface area contributed by atoms with Crippen LogP contribution >= 0.6 is 15.9 Å². The number of rotatable bonds is 5. The number of aryl methyl sites for hydroxylation is 1. The average Bonchev–Trinajstić information content (AvgIpc) is 2.90. The third kappa shape index (κ3) is 4.17. The van der Waals surface area contributed by atoms with Crippen LogP contribution in [0, 0.1) is 13.8 Å². The molecule has 0 bridgehead atoms. The maximum atomic E-state index is 12.2. The lowest BCUT2D eigenvalue weighted by Gasteiger charge is -2.07. The second-order valence-corrected chi connectivity index (χ2v) is 6.78. The summed E-state index contributed by atoms with van der Waals surface area (Å²) in [5, 5.41) is 4.57. The monoisotopic (exact) mass is 398 g/mol. The first kappa shape index (κ1) is 17.4. The van der Waals surface area contributed by atoms with Crippen molar-refractivity contribution < 1.29 is 9.53 Å². The molecule has 128 valence electrons. The first-order valence-corrected chi connectivity index (χ1v) is 8.84. The van der Waals surface area contributed by atoms with Crippen LogP contribution in [-0.4, -0.2) is 15.7 Å². The van der Waals surface area contributed by atoms with Crippen LogP contribution in [0.2, 0.25) is 0 Å². The van der Waals surface area contributed by atoms with Gasteiger partial charge in [-0.1, -0.05) is 46.3 Å². The molecule has 0 atom stereocenters. The largest absolute Gasteiger partial charge is 0.461 e. The van der Waals surface area contributed by atoms with Gasteiger partial charge in [0.2, 0.25) is 0 Å². The Morgan fingerprint density at radius 2 is 1.76 bits per heavy atom. The number of halogens is 1. The van der Waals surface area contributed by atoms with E-state index in [0.717, 1.165) is 32.7 Å². The van der Waals surface area contributed by atoms with Crippen molar-refractivity contribution in [3.63, 3.8) is 0 Å². The summed E-state index contributed by atoms with van der Waals surface area (Å²) in [6, 6.07) is 17.6. The third-order valence-electron chi connectivity index (χ3n) is 4.08. The van der Waals surface area contributed by atoms with Crippen molar-refractivity contribution >= 4 is 21.9 Å². The number of hydrogen-bond donors (Lipinski definition) is 0. The van der Waals surface area contributed by atoms with Crippen LogP contribution in [-0.2, 0) is 22.6 Å². The normalized spacial score (nSPS) is 10.7. The van der Waals surface area contributed by atoms with Gasteiger partial charge >= 0.3 is 5.97 Å². The molecule has 0 radical (unpaired) electrons. The van der Waals surface area contributed by atoms with Crippen LogP contribution in [0.5, 0.6) is 0 Å². The Morgan fingerprint density at radius 3 is 2.44 bits per heavy atom. The number of carbonyl (C=O) groups excluding carboxylic acids is 1. The number of esters is 1. The van der Waals surface area contributed by atoms with Gasteiger partial charge in [-0.15, -0.1) is 0 Å². The van der Waals surface area contributed by atoms with E-state index in [9.17, 15) is 4.79 Å². The lowest BCUT2D eigenvalue weighted by molar-refractivity contribution is -0.144. The Balaban J connectivity index is 1.69.